The Balaban J connectivity index is 1.40. The van der Waals surface area contributed by atoms with Crippen molar-refractivity contribution in [3.8, 4) is 5.75 Å². The fraction of sp³-hybridized carbons (Fsp3) is 0.333. The van der Waals surface area contributed by atoms with Crippen LogP contribution in [0.15, 0.2) is 42.5 Å². The third kappa shape index (κ3) is 4.21. The van der Waals surface area contributed by atoms with Crippen LogP contribution in [0.1, 0.15) is 46.3 Å². The largest absolute Gasteiger partial charge is 0.486 e. The molecule has 2 aromatic carbocycles. The van der Waals surface area contributed by atoms with Crippen LogP contribution in [0.25, 0.3) is 6.08 Å². The van der Waals surface area contributed by atoms with Gasteiger partial charge < -0.3 is 9.64 Å². The number of hydrogen-bond donors (Lipinski definition) is 0. The van der Waals surface area contributed by atoms with Gasteiger partial charge in [0.15, 0.2) is 5.78 Å². The molecule has 7 heteroatoms. The number of rotatable bonds is 3. The van der Waals surface area contributed by atoms with Crippen LogP contribution in [0, 0.1) is 24.0 Å². The van der Waals surface area contributed by atoms with Crippen LogP contribution in [-0.4, -0.2) is 40.2 Å². The fourth-order valence-corrected chi connectivity index (χ4v) is 4.14. The Kier molecular flexibility index (Phi) is 5.35. The summed E-state index contributed by atoms with van der Waals surface area (Å²) in [4.78, 5) is 37.4. The van der Waals surface area contributed by atoms with Gasteiger partial charge in [-0.1, -0.05) is 0 Å². The summed E-state index contributed by atoms with van der Waals surface area (Å²) in [5.41, 5.74) is 3.00. The second-order valence-electron chi connectivity index (χ2n) is 8.32. The molecule has 160 valence electrons. The first-order valence-corrected chi connectivity index (χ1v) is 10.3. The Morgan fingerprint density at radius 1 is 1.13 bits per heavy atom. The number of ketones is 1. The maximum absolute atomic E-state index is 12.7. The van der Waals surface area contributed by atoms with Gasteiger partial charge in [0.1, 0.15) is 11.4 Å². The summed E-state index contributed by atoms with van der Waals surface area (Å²) in [6.07, 6.45) is 4.67. The molecule has 0 radical (unpaired) electrons. The molecule has 0 N–H and O–H groups in total. The standard InChI is InChI=1S/C24H24N2O5/c1-16-13-20-21(27)15-24(31-22(20)14-17(16)2)9-11-25(12-10-24)23(28)8-5-18-3-6-19(7-4-18)26(29)30/h3-8,13-14H,9-12,15H2,1-2H3/b8-5+. The zero-order valence-corrected chi connectivity index (χ0v) is 17.6. The van der Waals surface area contributed by atoms with E-state index in [0.29, 0.717) is 43.7 Å². The van der Waals surface area contributed by atoms with E-state index in [0.717, 1.165) is 16.7 Å². The smallest absolute Gasteiger partial charge is 0.269 e. The number of fused-ring (bicyclic) bond motifs is 1. The average molecular weight is 420 g/mol. The number of amides is 1. The van der Waals surface area contributed by atoms with E-state index in [1.54, 1.807) is 23.1 Å². The number of hydrogen-bond acceptors (Lipinski definition) is 5. The average Bonchev–Trinajstić information content (AvgIpc) is 2.74. The van der Waals surface area contributed by atoms with E-state index in [9.17, 15) is 19.7 Å². The van der Waals surface area contributed by atoms with Gasteiger partial charge in [0.05, 0.1) is 16.9 Å². The summed E-state index contributed by atoms with van der Waals surface area (Å²) >= 11 is 0. The molecule has 7 nitrogen and oxygen atoms in total. The number of Topliss-reactive ketones (excluding diaryl/α,β-unsaturated/α-hetero) is 1. The number of ether oxygens (including phenoxy) is 1. The number of piperidine rings is 1. The summed E-state index contributed by atoms with van der Waals surface area (Å²) in [6.45, 7) is 5.01. The molecule has 0 unspecified atom stereocenters. The lowest BCUT2D eigenvalue weighted by atomic mass is 9.82. The predicted octanol–water partition coefficient (Wildman–Crippen LogP) is 4.25. The Hall–Kier alpha value is -3.48. The molecule has 1 amide bonds. The second kappa shape index (κ2) is 7.98. The number of likely N-dealkylation sites (tertiary alicyclic amines) is 1. The van der Waals surface area contributed by atoms with Gasteiger partial charge >= 0.3 is 0 Å². The highest BCUT2D eigenvalue weighted by molar-refractivity contribution is 6.00. The summed E-state index contributed by atoms with van der Waals surface area (Å²) < 4.78 is 6.32. The Labute approximate surface area is 180 Å². The molecule has 0 aliphatic carbocycles. The van der Waals surface area contributed by atoms with E-state index in [-0.39, 0.29) is 17.4 Å². The molecule has 2 aliphatic heterocycles. The number of carbonyl (C=O) groups excluding carboxylic acids is 2. The van der Waals surface area contributed by atoms with Gasteiger partial charge in [-0.2, -0.15) is 0 Å². The van der Waals surface area contributed by atoms with Gasteiger partial charge in [-0.25, -0.2) is 0 Å². The molecule has 2 aromatic rings. The van der Waals surface area contributed by atoms with Gasteiger partial charge in [-0.15, -0.1) is 0 Å². The van der Waals surface area contributed by atoms with Gasteiger partial charge in [0, 0.05) is 44.1 Å². The predicted molar refractivity (Wildman–Crippen MR) is 116 cm³/mol. The number of nitro benzene ring substituents is 1. The molecule has 1 spiro atoms. The third-order valence-corrected chi connectivity index (χ3v) is 6.21. The lowest BCUT2D eigenvalue weighted by Gasteiger charge is -2.44. The molecule has 0 aromatic heterocycles. The second-order valence-corrected chi connectivity index (χ2v) is 8.32. The maximum Gasteiger partial charge on any atom is 0.269 e. The molecular weight excluding hydrogens is 396 g/mol. The number of nitro groups is 1. The monoisotopic (exact) mass is 420 g/mol. The molecule has 4 rings (SSSR count). The zero-order chi connectivity index (χ0) is 22.2. The van der Waals surface area contributed by atoms with Crippen LogP contribution in [0.3, 0.4) is 0 Å². The minimum atomic E-state index is -0.551. The van der Waals surface area contributed by atoms with Crippen molar-refractivity contribution < 1.29 is 19.2 Å². The summed E-state index contributed by atoms with van der Waals surface area (Å²) in [5.74, 6) is 0.626. The van der Waals surface area contributed by atoms with Crippen molar-refractivity contribution >= 4 is 23.5 Å². The highest BCUT2D eigenvalue weighted by atomic mass is 16.6. The highest BCUT2D eigenvalue weighted by Gasteiger charge is 2.43. The van der Waals surface area contributed by atoms with E-state index in [2.05, 4.69) is 0 Å². The topological polar surface area (TPSA) is 89.8 Å². The molecule has 0 bridgehead atoms. The van der Waals surface area contributed by atoms with Gasteiger partial charge in [-0.05, 0) is 60.9 Å². The number of carbonyl (C=O) groups is 2. The Morgan fingerprint density at radius 2 is 1.77 bits per heavy atom. The fourth-order valence-electron chi connectivity index (χ4n) is 4.14. The van der Waals surface area contributed by atoms with Crippen LogP contribution in [0.4, 0.5) is 5.69 Å². The normalized spacial score (nSPS) is 17.5. The molecule has 2 heterocycles. The van der Waals surface area contributed by atoms with E-state index in [1.807, 2.05) is 26.0 Å². The van der Waals surface area contributed by atoms with Crippen molar-refractivity contribution in [3.63, 3.8) is 0 Å². The van der Waals surface area contributed by atoms with Crippen molar-refractivity contribution in [2.75, 3.05) is 13.1 Å². The first-order valence-electron chi connectivity index (χ1n) is 10.3. The van der Waals surface area contributed by atoms with Crippen LogP contribution >= 0.6 is 0 Å². The first kappa shape index (κ1) is 20.8. The highest BCUT2D eigenvalue weighted by Crippen LogP contribution is 2.40. The quantitative estimate of drug-likeness (QED) is 0.421. The number of benzene rings is 2. The van der Waals surface area contributed by atoms with E-state index < -0.39 is 10.5 Å². The minimum absolute atomic E-state index is 0.0127. The van der Waals surface area contributed by atoms with E-state index in [4.69, 9.17) is 4.74 Å². The number of non-ortho nitro benzene ring substituents is 1. The third-order valence-electron chi connectivity index (χ3n) is 6.21. The zero-order valence-electron chi connectivity index (χ0n) is 17.6. The van der Waals surface area contributed by atoms with Gasteiger partial charge in [0.2, 0.25) is 5.91 Å². The number of aryl methyl sites for hydroxylation is 2. The summed E-state index contributed by atoms with van der Waals surface area (Å²) in [5, 5.41) is 10.7. The molecule has 31 heavy (non-hydrogen) atoms. The lowest BCUT2D eigenvalue weighted by molar-refractivity contribution is -0.384. The van der Waals surface area contributed by atoms with E-state index in [1.165, 1.54) is 18.2 Å². The van der Waals surface area contributed by atoms with Gasteiger partial charge in [0.25, 0.3) is 5.69 Å². The molecule has 2 aliphatic rings. The van der Waals surface area contributed by atoms with Crippen molar-refractivity contribution in [2.45, 2.75) is 38.7 Å². The molecule has 1 saturated heterocycles. The van der Waals surface area contributed by atoms with Crippen LogP contribution in [0.5, 0.6) is 5.75 Å². The number of nitrogens with zero attached hydrogens (tertiary/aromatic N) is 2. The maximum atomic E-state index is 12.7. The van der Waals surface area contributed by atoms with E-state index >= 15 is 0 Å². The molecule has 0 saturated carbocycles. The van der Waals surface area contributed by atoms with Crippen LogP contribution < -0.4 is 4.74 Å². The van der Waals surface area contributed by atoms with Crippen LogP contribution in [0.2, 0.25) is 0 Å². The first-order chi connectivity index (χ1) is 14.8. The summed E-state index contributed by atoms with van der Waals surface area (Å²) in [7, 11) is 0. The lowest BCUT2D eigenvalue weighted by Crippen LogP contribution is -2.52. The van der Waals surface area contributed by atoms with Crippen molar-refractivity contribution in [1.29, 1.82) is 0 Å². The molecular formula is C24H24N2O5. The minimum Gasteiger partial charge on any atom is -0.486 e. The van der Waals surface area contributed by atoms with Crippen LogP contribution in [-0.2, 0) is 4.79 Å². The summed E-state index contributed by atoms with van der Waals surface area (Å²) in [6, 6.07) is 9.88. The Morgan fingerprint density at radius 3 is 2.42 bits per heavy atom. The molecule has 0 atom stereocenters. The van der Waals surface area contributed by atoms with Crippen molar-refractivity contribution in [1.82, 2.24) is 4.90 Å². The Bertz CT molecular complexity index is 1080. The molecule has 1 fully saturated rings. The van der Waals surface area contributed by atoms with Crippen molar-refractivity contribution in [2.24, 2.45) is 0 Å². The SMILES string of the molecule is Cc1cc2c(cc1C)C(=O)CC1(CCN(C(=O)/C=C/c3ccc([N+](=O)[O-])cc3)CC1)O2. The van der Waals surface area contributed by atoms with Crippen molar-refractivity contribution in [3.05, 3.63) is 74.8 Å². The van der Waals surface area contributed by atoms with Gasteiger partial charge in [-0.3, -0.25) is 19.7 Å².